The fourth-order valence-electron chi connectivity index (χ4n) is 2.77. The second-order valence-corrected chi connectivity index (χ2v) is 6.96. The van der Waals surface area contributed by atoms with E-state index in [-0.39, 0.29) is 0 Å². The van der Waals surface area contributed by atoms with Crippen LogP contribution in [0.3, 0.4) is 0 Å². The van der Waals surface area contributed by atoms with Gasteiger partial charge in [-0.25, -0.2) is 15.0 Å². The number of nitrogens with one attached hydrogen (secondary N) is 1. The van der Waals surface area contributed by atoms with Gasteiger partial charge in [0.15, 0.2) is 10.9 Å². The number of ether oxygens (including phenoxy) is 2. The third kappa shape index (κ3) is 3.54. The molecule has 1 aromatic carbocycles. The molecule has 0 aliphatic carbocycles. The number of pyridine rings is 2. The van der Waals surface area contributed by atoms with Crippen molar-refractivity contribution >= 4 is 32.5 Å². The van der Waals surface area contributed by atoms with Gasteiger partial charge in [-0.15, -0.1) is 0 Å². The highest BCUT2D eigenvalue weighted by atomic mass is 32.1. The number of benzene rings is 1. The van der Waals surface area contributed by atoms with Crippen LogP contribution in [0.15, 0.2) is 48.7 Å². The van der Waals surface area contributed by atoms with Gasteiger partial charge >= 0.3 is 0 Å². The second-order valence-electron chi connectivity index (χ2n) is 5.93. The molecule has 1 N–H and O–H groups in total. The highest BCUT2D eigenvalue weighted by molar-refractivity contribution is 7.22. The lowest BCUT2D eigenvalue weighted by Gasteiger charge is -2.08. The Morgan fingerprint density at radius 1 is 0.963 bits per heavy atom. The van der Waals surface area contributed by atoms with Gasteiger partial charge in [0.1, 0.15) is 5.82 Å². The molecular weight excluding hydrogens is 360 g/mol. The summed E-state index contributed by atoms with van der Waals surface area (Å²) in [5.74, 6) is 1.86. The lowest BCUT2D eigenvalue weighted by atomic mass is 10.1. The van der Waals surface area contributed by atoms with Crippen molar-refractivity contribution in [3.63, 3.8) is 0 Å². The molecule has 0 unspecified atom stereocenters. The molecule has 6 nitrogen and oxygen atoms in total. The Kier molecular flexibility index (Phi) is 4.60. The van der Waals surface area contributed by atoms with Gasteiger partial charge in [-0.2, -0.15) is 0 Å². The molecule has 0 atom stereocenters. The summed E-state index contributed by atoms with van der Waals surface area (Å²) in [5.41, 5.74) is 3.90. The molecular formula is C20H18N4O2S. The molecule has 4 aromatic rings. The van der Waals surface area contributed by atoms with E-state index >= 15 is 0 Å². The van der Waals surface area contributed by atoms with Crippen LogP contribution in [0.2, 0.25) is 0 Å². The number of nitrogens with zero attached hydrogens (tertiary/aromatic N) is 3. The number of aryl methyl sites for hydroxylation is 1. The number of thiazole rings is 1. The molecule has 0 saturated carbocycles. The van der Waals surface area contributed by atoms with Gasteiger partial charge in [0, 0.05) is 17.5 Å². The van der Waals surface area contributed by atoms with Crippen molar-refractivity contribution in [1.82, 2.24) is 15.0 Å². The van der Waals surface area contributed by atoms with Gasteiger partial charge in [-0.1, -0.05) is 23.5 Å². The number of rotatable bonds is 5. The molecule has 0 aliphatic rings. The average molecular weight is 378 g/mol. The Bertz CT molecular complexity index is 1110. The van der Waals surface area contributed by atoms with E-state index in [4.69, 9.17) is 9.47 Å². The number of fused-ring (bicyclic) bond motifs is 1. The predicted octanol–water partition coefficient (Wildman–Crippen LogP) is 4.82. The Morgan fingerprint density at radius 2 is 1.85 bits per heavy atom. The zero-order valence-electron chi connectivity index (χ0n) is 15.2. The van der Waals surface area contributed by atoms with Gasteiger partial charge < -0.3 is 14.8 Å². The van der Waals surface area contributed by atoms with E-state index in [1.165, 1.54) is 0 Å². The van der Waals surface area contributed by atoms with E-state index in [0.717, 1.165) is 38.0 Å². The van der Waals surface area contributed by atoms with Crippen LogP contribution >= 0.6 is 11.3 Å². The summed E-state index contributed by atoms with van der Waals surface area (Å²) < 4.78 is 11.6. The molecule has 0 amide bonds. The van der Waals surface area contributed by atoms with Crippen molar-refractivity contribution in [2.24, 2.45) is 0 Å². The summed E-state index contributed by atoms with van der Waals surface area (Å²) in [4.78, 5) is 13.4. The van der Waals surface area contributed by atoms with Crippen molar-refractivity contribution in [3.05, 3.63) is 54.4 Å². The lowest BCUT2D eigenvalue weighted by molar-refractivity contribution is 0.343. The molecule has 0 aliphatic heterocycles. The van der Waals surface area contributed by atoms with Crippen molar-refractivity contribution in [2.45, 2.75) is 6.92 Å². The summed E-state index contributed by atoms with van der Waals surface area (Å²) in [6.07, 6.45) is 1.78. The quantitative estimate of drug-likeness (QED) is 0.537. The van der Waals surface area contributed by atoms with Crippen molar-refractivity contribution in [3.8, 4) is 22.8 Å². The van der Waals surface area contributed by atoms with Gasteiger partial charge in [-0.05, 0) is 42.8 Å². The minimum absolute atomic E-state index is 0.470. The van der Waals surface area contributed by atoms with E-state index < -0.39 is 0 Å². The predicted molar refractivity (Wildman–Crippen MR) is 108 cm³/mol. The van der Waals surface area contributed by atoms with Gasteiger partial charge in [0.2, 0.25) is 0 Å². The Labute approximate surface area is 160 Å². The molecule has 0 bridgehead atoms. The normalized spacial score (nSPS) is 10.8. The first kappa shape index (κ1) is 17.2. The highest BCUT2D eigenvalue weighted by Crippen LogP contribution is 2.34. The van der Waals surface area contributed by atoms with E-state index in [9.17, 15) is 0 Å². The number of aromatic nitrogens is 3. The summed E-state index contributed by atoms with van der Waals surface area (Å²) in [5, 5.41) is 4.08. The highest BCUT2D eigenvalue weighted by Gasteiger charge is 2.10. The summed E-state index contributed by atoms with van der Waals surface area (Å²) in [6, 6.07) is 13.9. The first-order valence-corrected chi connectivity index (χ1v) is 9.17. The van der Waals surface area contributed by atoms with E-state index in [1.807, 2.05) is 43.3 Å². The maximum absolute atomic E-state index is 5.35. The van der Waals surface area contributed by atoms with Crippen LogP contribution in [-0.2, 0) is 0 Å². The van der Waals surface area contributed by atoms with E-state index in [1.54, 1.807) is 31.8 Å². The van der Waals surface area contributed by atoms with Crippen LogP contribution < -0.4 is 14.8 Å². The fraction of sp³-hybridized carbons (Fsp3) is 0.150. The first-order valence-electron chi connectivity index (χ1n) is 8.36. The monoisotopic (exact) mass is 378 g/mol. The molecule has 7 heteroatoms. The SMILES string of the molecule is COc1cc(-c2ccc3nc(Nc4cccc(C)n4)sc3c2)cnc1OC. The van der Waals surface area contributed by atoms with Crippen LogP contribution in [0, 0.1) is 6.92 Å². The molecule has 3 aromatic heterocycles. The van der Waals surface area contributed by atoms with E-state index in [2.05, 4.69) is 26.3 Å². The number of hydrogen-bond donors (Lipinski definition) is 1. The number of anilines is 2. The third-order valence-electron chi connectivity index (χ3n) is 4.08. The Morgan fingerprint density at radius 3 is 2.63 bits per heavy atom. The smallest absolute Gasteiger partial charge is 0.256 e. The van der Waals surface area contributed by atoms with Gasteiger partial charge in [0.05, 0.1) is 24.4 Å². The van der Waals surface area contributed by atoms with Gasteiger partial charge in [0.25, 0.3) is 5.88 Å². The summed E-state index contributed by atoms with van der Waals surface area (Å²) in [7, 11) is 3.18. The second kappa shape index (κ2) is 7.20. The molecule has 4 rings (SSSR count). The topological polar surface area (TPSA) is 69.2 Å². The molecule has 27 heavy (non-hydrogen) atoms. The Hall–Kier alpha value is -3.19. The van der Waals surface area contributed by atoms with Crippen LogP contribution in [0.5, 0.6) is 11.6 Å². The largest absolute Gasteiger partial charge is 0.491 e. The third-order valence-corrected chi connectivity index (χ3v) is 5.01. The standard InChI is InChI=1S/C20H18N4O2S/c1-12-5-4-6-18(22-12)24-20-23-15-8-7-13(10-17(15)27-20)14-9-16(25-2)19(26-3)21-11-14/h4-11H,1-3H3,(H,22,23,24). The maximum Gasteiger partial charge on any atom is 0.256 e. The summed E-state index contributed by atoms with van der Waals surface area (Å²) >= 11 is 1.59. The minimum atomic E-state index is 0.470. The van der Waals surface area contributed by atoms with Crippen LogP contribution in [-0.4, -0.2) is 29.2 Å². The molecule has 0 spiro atoms. The number of methoxy groups -OCH3 is 2. The zero-order chi connectivity index (χ0) is 18.8. The lowest BCUT2D eigenvalue weighted by Crippen LogP contribution is -1.93. The van der Waals surface area contributed by atoms with Gasteiger partial charge in [-0.3, -0.25) is 0 Å². The van der Waals surface area contributed by atoms with Crippen molar-refractivity contribution in [2.75, 3.05) is 19.5 Å². The van der Waals surface area contributed by atoms with Crippen molar-refractivity contribution in [1.29, 1.82) is 0 Å². The van der Waals surface area contributed by atoms with Crippen LogP contribution in [0.1, 0.15) is 5.69 Å². The molecule has 0 radical (unpaired) electrons. The number of hydrogen-bond acceptors (Lipinski definition) is 7. The molecule has 0 fully saturated rings. The minimum Gasteiger partial charge on any atom is -0.491 e. The van der Waals surface area contributed by atoms with Crippen molar-refractivity contribution < 1.29 is 9.47 Å². The van der Waals surface area contributed by atoms with Crippen LogP contribution in [0.25, 0.3) is 21.3 Å². The first-order chi connectivity index (χ1) is 13.2. The average Bonchev–Trinajstić information content (AvgIpc) is 3.08. The molecule has 3 heterocycles. The molecule has 136 valence electrons. The maximum atomic E-state index is 5.35. The molecule has 0 saturated heterocycles. The Balaban J connectivity index is 1.66. The van der Waals surface area contributed by atoms with E-state index in [0.29, 0.717) is 11.6 Å². The fourth-order valence-corrected chi connectivity index (χ4v) is 3.68. The zero-order valence-corrected chi connectivity index (χ0v) is 16.0. The summed E-state index contributed by atoms with van der Waals surface area (Å²) in [6.45, 7) is 1.97. The van der Waals surface area contributed by atoms with Crippen LogP contribution in [0.4, 0.5) is 10.9 Å².